The summed E-state index contributed by atoms with van der Waals surface area (Å²) in [4.78, 5) is 0. The SMILES string of the molecule is CC(C)OCCS(=O)(=O)N[C@@H]1CCCC[C@H]1n1cccn1. The molecule has 1 N–H and O–H groups in total. The van der Waals surface area contributed by atoms with Crippen LogP contribution in [0.4, 0.5) is 0 Å². The lowest BCUT2D eigenvalue weighted by atomic mass is 9.91. The van der Waals surface area contributed by atoms with Crippen LogP contribution in [0.3, 0.4) is 0 Å². The van der Waals surface area contributed by atoms with E-state index in [1.165, 1.54) is 0 Å². The lowest BCUT2D eigenvalue weighted by Gasteiger charge is -2.32. The molecule has 1 aliphatic carbocycles. The molecule has 7 heteroatoms. The summed E-state index contributed by atoms with van der Waals surface area (Å²) in [5, 5.41) is 4.26. The smallest absolute Gasteiger partial charge is 0.214 e. The van der Waals surface area contributed by atoms with Crippen molar-refractivity contribution in [1.82, 2.24) is 14.5 Å². The monoisotopic (exact) mass is 315 g/mol. The predicted octanol–water partition coefficient (Wildman–Crippen LogP) is 1.71. The number of nitrogens with one attached hydrogen (secondary N) is 1. The van der Waals surface area contributed by atoms with Gasteiger partial charge in [-0.25, -0.2) is 13.1 Å². The highest BCUT2D eigenvalue weighted by Gasteiger charge is 2.30. The van der Waals surface area contributed by atoms with E-state index in [0.717, 1.165) is 25.7 Å². The molecule has 1 aliphatic rings. The number of rotatable bonds is 7. The van der Waals surface area contributed by atoms with Gasteiger partial charge in [0.2, 0.25) is 10.0 Å². The maximum atomic E-state index is 12.2. The summed E-state index contributed by atoms with van der Waals surface area (Å²) >= 11 is 0. The van der Waals surface area contributed by atoms with Crippen LogP contribution in [-0.2, 0) is 14.8 Å². The molecular weight excluding hydrogens is 290 g/mol. The number of aromatic nitrogens is 2. The molecule has 1 fully saturated rings. The van der Waals surface area contributed by atoms with E-state index in [9.17, 15) is 8.42 Å². The highest BCUT2D eigenvalue weighted by molar-refractivity contribution is 7.89. The quantitative estimate of drug-likeness (QED) is 0.831. The van der Waals surface area contributed by atoms with E-state index < -0.39 is 10.0 Å². The molecule has 1 aromatic heterocycles. The third-order valence-corrected chi connectivity index (χ3v) is 5.09. The van der Waals surface area contributed by atoms with Crippen molar-refractivity contribution in [2.75, 3.05) is 12.4 Å². The number of ether oxygens (including phenoxy) is 1. The van der Waals surface area contributed by atoms with Crippen LogP contribution in [0.1, 0.15) is 45.6 Å². The summed E-state index contributed by atoms with van der Waals surface area (Å²) in [6.07, 6.45) is 7.65. The molecule has 0 spiro atoms. The van der Waals surface area contributed by atoms with Crippen LogP contribution in [0.15, 0.2) is 18.5 Å². The minimum absolute atomic E-state index is 0.00745. The highest BCUT2D eigenvalue weighted by atomic mass is 32.2. The van der Waals surface area contributed by atoms with Gasteiger partial charge in [-0.3, -0.25) is 4.68 Å². The van der Waals surface area contributed by atoms with Crippen LogP contribution in [0.2, 0.25) is 0 Å². The summed E-state index contributed by atoms with van der Waals surface area (Å²) in [5.74, 6) is 0.00745. The second-order valence-corrected chi connectivity index (χ2v) is 7.67. The van der Waals surface area contributed by atoms with Gasteiger partial charge in [-0.05, 0) is 32.8 Å². The molecule has 6 nitrogen and oxygen atoms in total. The molecule has 1 aromatic rings. The average molecular weight is 315 g/mol. The van der Waals surface area contributed by atoms with E-state index in [-0.39, 0.29) is 30.5 Å². The van der Waals surface area contributed by atoms with Crippen molar-refractivity contribution in [2.24, 2.45) is 0 Å². The third-order valence-electron chi connectivity index (χ3n) is 3.73. The fourth-order valence-electron chi connectivity index (χ4n) is 2.73. The minimum atomic E-state index is -3.32. The van der Waals surface area contributed by atoms with Gasteiger partial charge in [-0.15, -0.1) is 0 Å². The molecule has 1 saturated carbocycles. The molecule has 0 aliphatic heterocycles. The third kappa shape index (κ3) is 5.09. The maximum absolute atomic E-state index is 12.2. The fraction of sp³-hybridized carbons (Fsp3) is 0.786. The Balaban J connectivity index is 1.95. The molecule has 0 bridgehead atoms. The zero-order valence-electron chi connectivity index (χ0n) is 12.7. The largest absolute Gasteiger partial charge is 0.378 e. The Morgan fingerprint density at radius 3 is 2.81 bits per heavy atom. The molecule has 0 amide bonds. The first-order valence-corrected chi connectivity index (χ1v) is 9.24. The van der Waals surface area contributed by atoms with Crippen LogP contribution in [-0.4, -0.2) is 42.7 Å². The van der Waals surface area contributed by atoms with Crippen molar-refractivity contribution in [3.63, 3.8) is 0 Å². The first-order chi connectivity index (χ1) is 9.98. The zero-order valence-corrected chi connectivity index (χ0v) is 13.6. The van der Waals surface area contributed by atoms with Gasteiger partial charge in [-0.2, -0.15) is 5.10 Å². The summed E-state index contributed by atoms with van der Waals surface area (Å²) in [5.41, 5.74) is 0. The molecule has 1 heterocycles. The van der Waals surface area contributed by atoms with Gasteiger partial charge in [0.1, 0.15) is 0 Å². The number of sulfonamides is 1. The predicted molar refractivity (Wildman–Crippen MR) is 81.5 cm³/mol. The van der Waals surface area contributed by atoms with Crippen molar-refractivity contribution in [3.05, 3.63) is 18.5 Å². The number of hydrogen-bond acceptors (Lipinski definition) is 4. The topological polar surface area (TPSA) is 73.2 Å². The van der Waals surface area contributed by atoms with E-state index in [0.29, 0.717) is 0 Å². The van der Waals surface area contributed by atoms with E-state index in [4.69, 9.17) is 4.74 Å². The second kappa shape index (κ2) is 7.38. The van der Waals surface area contributed by atoms with Gasteiger partial charge >= 0.3 is 0 Å². The van der Waals surface area contributed by atoms with Crippen LogP contribution in [0, 0.1) is 0 Å². The molecule has 0 saturated heterocycles. The van der Waals surface area contributed by atoms with Gasteiger partial charge in [-0.1, -0.05) is 12.8 Å². The molecule has 2 atom stereocenters. The first kappa shape index (κ1) is 16.5. The van der Waals surface area contributed by atoms with Gasteiger partial charge in [0.05, 0.1) is 24.5 Å². The van der Waals surface area contributed by atoms with Gasteiger partial charge in [0, 0.05) is 18.4 Å². The van der Waals surface area contributed by atoms with Gasteiger partial charge in [0.25, 0.3) is 0 Å². The Kier molecular flexibility index (Phi) is 5.78. The standard InChI is InChI=1S/C14H25N3O3S/c1-12(2)20-10-11-21(18,19)16-13-6-3-4-7-14(13)17-9-5-8-15-17/h5,8-9,12-14,16H,3-4,6-7,10-11H2,1-2H3/t13-,14-/m1/s1. The summed E-state index contributed by atoms with van der Waals surface area (Å²) in [7, 11) is -3.32. The summed E-state index contributed by atoms with van der Waals surface area (Å²) in [6.45, 7) is 4.02. The first-order valence-electron chi connectivity index (χ1n) is 7.58. The molecule has 120 valence electrons. The molecular formula is C14H25N3O3S. The van der Waals surface area contributed by atoms with Crippen LogP contribution in [0.25, 0.3) is 0 Å². The molecule has 0 unspecified atom stereocenters. The Morgan fingerprint density at radius 2 is 2.14 bits per heavy atom. The lowest BCUT2D eigenvalue weighted by molar-refractivity contribution is 0.0910. The van der Waals surface area contributed by atoms with Crippen LogP contribution < -0.4 is 4.72 Å². The van der Waals surface area contributed by atoms with E-state index >= 15 is 0 Å². The average Bonchev–Trinajstić information content (AvgIpc) is 2.91. The molecule has 21 heavy (non-hydrogen) atoms. The van der Waals surface area contributed by atoms with E-state index in [1.807, 2.05) is 30.8 Å². The molecule has 2 rings (SSSR count). The Morgan fingerprint density at radius 1 is 1.38 bits per heavy atom. The second-order valence-electron chi connectivity index (χ2n) is 5.80. The Hall–Kier alpha value is -0.920. The fourth-order valence-corrected chi connectivity index (χ4v) is 3.89. The summed E-state index contributed by atoms with van der Waals surface area (Å²) in [6, 6.07) is 1.90. The minimum Gasteiger partial charge on any atom is -0.378 e. The highest BCUT2D eigenvalue weighted by Crippen LogP contribution is 2.28. The zero-order chi connectivity index (χ0) is 15.3. The van der Waals surface area contributed by atoms with Crippen molar-refractivity contribution >= 4 is 10.0 Å². The number of nitrogens with zero attached hydrogens (tertiary/aromatic N) is 2. The Bertz CT molecular complexity index is 514. The normalized spacial score (nSPS) is 23.6. The Labute approximate surface area is 126 Å². The van der Waals surface area contributed by atoms with Crippen LogP contribution >= 0.6 is 0 Å². The van der Waals surface area contributed by atoms with E-state index in [2.05, 4.69) is 9.82 Å². The van der Waals surface area contributed by atoms with Crippen molar-refractivity contribution in [2.45, 2.75) is 57.7 Å². The van der Waals surface area contributed by atoms with Gasteiger partial charge in [0.15, 0.2) is 0 Å². The summed E-state index contributed by atoms with van der Waals surface area (Å²) < 4.78 is 34.4. The molecule has 0 aromatic carbocycles. The maximum Gasteiger partial charge on any atom is 0.214 e. The van der Waals surface area contributed by atoms with E-state index in [1.54, 1.807) is 6.20 Å². The van der Waals surface area contributed by atoms with Gasteiger partial charge < -0.3 is 4.74 Å². The van der Waals surface area contributed by atoms with Crippen LogP contribution in [0.5, 0.6) is 0 Å². The lowest BCUT2D eigenvalue weighted by Crippen LogP contribution is -2.44. The molecule has 0 radical (unpaired) electrons. The van der Waals surface area contributed by atoms with Crippen molar-refractivity contribution in [3.8, 4) is 0 Å². The number of hydrogen-bond donors (Lipinski definition) is 1. The van der Waals surface area contributed by atoms with Crippen molar-refractivity contribution in [1.29, 1.82) is 0 Å². The van der Waals surface area contributed by atoms with Crippen molar-refractivity contribution < 1.29 is 13.2 Å².